The Kier molecular flexibility index (Phi) is 6.67. The Morgan fingerprint density at radius 3 is 2.71 bits per heavy atom. The first kappa shape index (κ1) is 14.0. The van der Waals surface area contributed by atoms with Gasteiger partial charge < -0.3 is 14.8 Å². The highest BCUT2D eigenvalue weighted by Gasteiger charge is 2.05. The van der Waals surface area contributed by atoms with Crippen LogP contribution in [0.3, 0.4) is 0 Å². The number of methoxy groups -OCH3 is 1. The molecule has 1 unspecified atom stereocenters. The van der Waals surface area contributed by atoms with Crippen LogP contribution in [-0.4, -0.2) is 33.4 Å². The molecule has 0 fully saturated rings. The molecular weight excluding hydrogens is 214 g/mol. The van der Waals surface area contributed by atoms with E-state index in [-0.39, 0.29) is 0 Å². The van der Waals surface area contributed by atoms with E-state index < -0.39 is 0 Å². The number of ether oxygens (including phenoxy) is 2. The average molecular weight is 237 g/mol. The summed E-state index contributed by atoms with van der Waals surface area (Å²) in [4.78, 5) is 0. The molecule has 0 spiro atoms. The number of rotatable bonds is 8. The molecule has 1 aromatic rings. The van der Waals surface area contributed by atoms with E-state index in [2.05, 4.69) is 24.4 Å². The van der Waals surface area contributed by atoms with Gasteiger partial charge in [-0.25, -0.2) is 0 Å². The first-order valence-corrected chi connectivity index (χ1v) is 6.14. The Labute approximate surface area is 104 Å². The van der Waals surface area contributed by atoms with Crippen LogP contribution in [0.2, 0.25) is 0 Å². The van der Waals surface area contributed by atoms with Gasteiger partial charge in [-0.15, -0.1) is 0 Å². The van der Waals surface area contributed by atoms with Gasteiger partial charge in [0.15, 0.2) is 0 Å². The second-order valence-electron chi connectivity index (χ2n) is 4.18. The Bertz CT molecular complexity index is 315. The molecule has 0 saturated carbocycles. The van der Waals surface area contributed by atoms with Crippen LogP contribution in [0.1, 0.15) is 18.9 Å². The van der Waals surface area contributed by atoms with Gasteiger partial charge in [0, 0.05) is 13.2 Å². The van der Waals surface area contributed by atoms with Gasteiger partial charge in [0.1, 0.15) is 12.4 Å². The van der Waals surface area contributed by atoms with Gasteiger partial charge in [0.25, 0.3) is 0 Å². The zero-order chi connectivity index (χ0) is 12.5. The summed E-state index contributed by atoms with van der Waals surface area (Å²) in [5.74, 6) is 0.979. The largest absolute Gasteiger partial charge is 0.491 e. The standard InChI is InChI=1S/C14H23NO2/c1-12(15-2)8-9-13-6-4-5-7-14(13)17-11-10-16-3/h4-7,12,15H,8-11H2,1-3H3. The van der Waals surface area contributed by atoms with Crippen LogP contribution in [0.25, 0.3) is 0 Å². The van der Waals surface area contributed by atoms with E-state index >= 15 is 0 Å². The van der Waals surface area contributed by atoms with E-state index in [0.717, 1.165) is 18.6 Å². The van der Waals surface area contributed by atoms with Gasteiger partial charge in [-0.3, -0.25) is 0 Å². The maximum Gasteiger partial charge on any atom is 0.122 e. The molecule has 0 aliphatic heterocycles. The summed E-state index contributed by atoms with van der Waals surface area (Å²) in [7, 11) is 3.68. The van der Waals surface area contributed by atoms with E-state index in [1.165, 1.54) is 5.56 Å². The van der Waals surface area contributed by atoms with Crippen LogP contribution < -0.4 is 10.1 Å². The Morgan fingerprint density at radius 2 is 2.00 bits per heavy atom. The normalized spacial score (nSPS) is 12.4. The van der Waals surface area contributed by atoms with Crippen molar-refractivity contribution in [1.29, 1.82) is 0 Å². The number of hydrogen-bond acceptors (Lipinski definition) is 3. The lowest BCUT2D eigenvalue weighted by molar-refractivity contribution is 0.145. The average Bonchev–Trinajstić information content (AvgIpc) is 2.37. The maximum atomic E-state index is 5.70. The minimum absolute atomic E-state index is 0.530. The zero-order valence-electron chi connectivity index (χ0n) is 11.0. The minimum Gasteiger partial charge on any atom is -0.491 e. The number of aryl methyl sites for hydroxylation is 1. The quantitative estimate of drug-likeness (QED) is 0.703. The number of hydrogen-bond donors (Lipinski definition) is 1. The van der Waals surface area contributed by atoms with Crippen molar-refractivity contribution in [3.8, 4) is 5.75 Å². The minimum atomic E-state index is 0.530. The van der Waals surface area contributed by atoms with Crippen LogP contribution >= 0.6 is 0 Å². The van der Waals surface area contributed by atoms with Crippen molar-refractivity contribution in [2.24, 2.45) is 0 Å². The van der Waals surface area contributed by atoms with Crippen molar-refractivity contribution < 1.29 is 9.47 Å². The van der Waals surface area contributed by atoms with E-state index in [4.69, 9.17) is 9.47 Å². The molecule has 1 atom stereocenters. The fourth-order valence-corrected chi connectivity index (χ4v) is 1.60. The first-order chi connectivity index (χ1) is 8.27. The molecule has 0 bridgehead atoms. The van der Waals surface area contributed by atoms with E-state index in [1.807, 2.05) is 19.2 Å². The molecule has 0 aliphatic rings. The third kappa shape index (κ3) is 5.20. The van der Waals surface area contributed by atoms with Crippen LogP contribution in [0.5, 0.6) is 5.75 Å². The molecule has 0 radical (unpaired) electrons. The topological polar surface area (TPSA) is 30.5 Å². The van der Waals surface area contributed by atoms with E-state index in [1.54, 1.807) is 7.11 Å². The molecule has 17 heavy (non-hydrogen) atoms. The third-order valence-corrected chi connectivity index (χ3v) is 2.86. The second-order valence-corrected chi connectivity index (χ2v) is 4.18. The Hall–Kier alpha value is -1.06. The van der Waals surface area contributed by atoms with Crippen LogP contribution in [0.4, 0.5) is 0 Å². The summed E-state index contributed by atoms with van der Waals surface area (Å²) >= 11 is 0. The second kappa shape index (κ2) is 8.09. The molecule has 0 aromatic heterocycles. The lowest BCUT2D eigenvalue weighted by Crippen LogP contribution is -2.21. The van der Waals surface area contributed by atoms with Crippen molar-refractivity contribution in [2.45, 2.75) is 25.8 Å². The van der Waals surface area contributed by atoms with Crippen molar-refractivity contribution in [3.05, 3.63) is 29.8 Å². The highest BCUT2D eigenvalue weighted by Crippen LogP contribution is 2.20. The summed E-state index contributed by atoms with van der Waals surface area (Å²) in [5, 5.41) is 3.25. The fraction of sp³-hybridized carbons (Fsp3) is 0.571. The fourth-order valence-electron chi connectivity index (χ4n) is 1.60. The Balaban J connectivity index is 2.51. The maximum absolute atomic E-state index is 5.70. The highest BCUT2D eigenvalue weighted by atomic mass is 16.5. The van der Waals surface area contributed by atoms with Gasteiger partial charge >= 0.3 is 0 Å². The molecule has 1 rings (SSSR count). The summed E-state index contributed by atoms with van der Waals surface area (Å²) < 4.78 is 10.7. The molecular formula is C14H23NO2. The Morgan fingerprint density at radius 1 is 1.24 bits per heavy atom. The molecule has 0 saturated heterocycles. The van der Waals surface area contributed by atoms with Crippen molar-refractivity contribution in [1.82, 2.24) is 5.32 Å². The summed E-state index contributed by atoms with van der Waals surface area (Å²) in [6.45, 7) is 3.42. The lowest BCUT2D eigenvalue weighted by Gasteiger charge is -2.13. The van der Waals surface area contributed by atoms with Gasteiger partial charge in [0.05, 0.1) is 6.61 Å². The van der Waals surface area contributed by atoms with Crippen molar-refractivity contribution >= 4 is 0 Å². The predicted molar refractivity (Wildman–Crippen MR) is 70.7 cm³/mol. The molecule has 1 N–H and O–H groups in total. The molecule has 0 amide bonds. The SMILES string of the molecule is CNC(C)CCc1ccccc1OCCOC. The highest BCUT2D eigenvalue weighted by molar-refractivity contribution is 5.33. The predicted octanol–water partition coefficient (Wildman–Crippen LogP) is 2.25. The zero-order valence-corrected chi connectivity index (χ0v) is 11.0. The first-order valence-electron chi connectivity index (χ1n) is 6.14. The summed E-state index contributed by atoms with van der Waals surface area (Å²) in [5.41, 5.74) is 1.27. The van der Waals surface area contributed by atoms with Crippen LogP contribution in [-0.2, 0) is 11.2 Å². The molecule has 3 nitrogen and oxygen atoms in total. The number of para-hydroxylation sites is 1. The van der Waals surface area contributed by atoms with Gasteiger partial charge in [-0.2, -0.15) is 0 Å². The van der Waals surface area contributed by atoms with Crippen LogP contribution in [0.15, 0.2) is 24.3 Å². The number of nitrogens with one attached hydrogen (secondary N) is 1. The number of benzene rings is 1. The lowest BCUT2D eigenvalue weighted by atomic mass is 10.1. The van der Waals surface area contributed by atoms with Crippen molar-refractivity contribution in [2.75, 3.05) is 27.4 Å². The van der Waals surface area contributed by atoms with E-state index in [9.17, 15) is 0 Å². The molecule has 3 heteroatoms. The summed E-state index contributed by atoms with van der Waals surface area (Å²) in [6, 6.07) is 8.75. The van der Waals surface area contributed by atoms with Gasteiger partial charge in [-0.05, 0) is 38.4 Å². The van der Waals surface area contributed by atoms with Gasteiger partial charge in [0.2, 0.25) is 0 Å². The molecule has 0 heterocycles. The molecule has 1 aromatic carbocycles. The van der Waals surface area contributed by atoms with Gasteiger partial charge in [-0.1, -0.05) is 18.2 Å². The smallest absolute Gasteiger partial charge is 0.122 e. The van der Waals surface area contributed by atoms with Crippen LogP contribution in [0, 0.1) is 0 Å². The molecule has 0 aliphatic carbocycles. The van der Waals surface area contributed by atoms with Crippen molar-refractivity contribution in [3.63, 3.8) is 0 Å². The monoisotopic (exact) mass is 237 g/mol. The molecule has 96 valence electrons. The third-order valence-electron chi connectivity index (χ3n) is 2.86. The van der Waals surface area contributed by atoms with E-state index in [0.29, 0.717) is 19.3 Å². The summed E-state index contributed by atoms with van der Waals surface area (Å²) in [6.07, 6.45) is 2.15.